The average Bonchev–Trinajstić information content (AvgIpc) is 2.20. The molecule has 0 aromatic heterocycles. The van der Waals surface area contributed by atoms with Crippen LogP contribution >= 0.6 is 24.8 Å². The highest BCUT2D eigenvalue weighted by atomic mass is 35.5. The van der Waals surface area contributed by atoms with Crippen LogP contribution in [0.4, 0.5) is 0 Å². The molecule has 0 aliphatic heterocycles. The number of ether oxygens (including phenoxy) is 1. The number of phenolic OH excluding ortho intramolecular Hbond substituents is 1. The van der Waals surface area contributed by atoms with Crippen LogP contribution in [0.1, 0.15) is 11.1 Å². The Labute approximate surface area is 115 Å². The van der Waals surface area contributed by atoms with E-state index in [-0.39, 0.29) is 30.6 Å². The van der Waals surface area contributed by atoms with Gasteiger partial charge in [0.25, 0.3) is 0 Å². The van der Waals surface area contributed by atoms with Crippen LogP contribution in [0.5, 0.6) is 11.5 Å². The average molecular weight is 283 g/mol. The van der Waals surface area contributed by atoms with Gasteiger partial charge < -0.3 is 20.5 Å². The number of nitrogens with two attached hydrogens (primary N) is 1. The Bertz CT molecular complexity index is 346. The van der Waals surface area contributed by atoms with E-state index >= 15 is 0 Å². The molecule has 6 heteroatoms. The first-order chi connectivity index (χ1) is 7.08. The van der Waals surface area contributed by atoms with E-state index in [0.29, 0.717) is 18.8 Å². The third-order valence-electron chi connectivity index (χ3n) is 2.16. The molecule has 1 aromatic carbocycles. The Balaban J connectivity index is 0. The molecule has 0 radical (unpaired) electrons. The first kappa shape index (κ1) is 18.7. The lowest BCUT2D eigenvalue weighted by Gasteiger charge is -2.14. The van der Waals surface area contributed by atoms with Gasteiger partial charge in [0, 0.05) is 18.7 Å². The molecule has 0 atom stereocenters. The molecule has 17 heavy (non-hydrogen) atoms. The quantitative estimate of drug-likeness (QED) is 0.884. The Morgan fingerprint density at radius 3 is 2.29 bits per heavy atom. The minimum atomic E-state index is 0. The second-order valence-corrected chi connectivity index (χ2v) is 3.75. The summed E-state index contributed by atoms with van der Waals surface area (Å²) >= 11 is 0. The number of rotatable bonds is 4. The van der Waals surface area contributed by atoms with E-state index in [1.807, 2.05) is 25.1 Å². The van der Waals surface area contributed by atoms with Gasteiger partial charge in [-0.25, -0.2) is 0 Å². The number of benzene rings is 1. The highest BCUT2D eigenvalue weighted by Gasteiger charge is 2.10. The molecule has 0 saturated carbocycles. The fourth-order valence-corrected chi connectivity index (χ4v) is 1.46. The third-order valence-corrected chi connectivity index (χ3v) is 2.16. The first-order valence-corrected chi connectivity index (χ1v) is 4.82. The van der Waals surface area contributed by atoms with Crippen molar-refractivity contribution in [3.63, 3.8) is 0 Å². The molecular formula is C11H20Cl2N2O2. The van der Waals surface area contributed by atoms with Crippen molar-refractivity contribution in [3.8, 4) is 11.5 Å². The molecular weight excluding hydrogens is 263 g/mol. The molecule has 0 amide bonds. The number of aromatic hydroxyl groups is 1. The number of halogens is 2. The monoisotopic (exact) mass is 282 g/mol. The summed E-state index contributed by atoms with van der Waals surface area (Å²) in [6.45, 7) is 1.10. The Kier molecular flexibility index (Phi) is 9.25. The molecule has 100 valence electrons. The lowest BCUT2D eigenvalue weighted by atomic mass is 10.1. The molecule has 0 aliphatic rings. The predicted octanol–water partition coefficient (Wildman–Crippen LogP) is 1.76. The smallest absolute Gasteiger partial charge is 0.162 e. The van der Waals surface area contributed by atoms with Crippen LogP contribution in [0.15, 0.2) is 12.1 Å². The predicted molar refractivity (Wildman–Crippen MR) is 74.4 cm³/mol. The van der Waals surface area contributed by atoms with Crippen molar-refractivity contribution in [2.75, 3.05) is 21.2 Å². The summed E-state index contributed by atoms with van der Waals surface area (Å²) in [4.78, 5) is 1.98. The molecule has 4 nitrogen and oxygen atoms in total. The van der Waals surface area contributed by atoms with Crippen LogP contribution in [0, 0.1) is 0 Å². The molecule has 0 unspecified atom stereocenters. The van der Waals surface area contributed by atoms with Gasteiger partial charge in [-0.15, -0.1) is 24.8 Å². The topological polar surface area (TPSA) is 58.7 Å². The molecule has 0 bridgehead atoms. The molecule has 0 heterocycles. The summed E-state index contributed by atoms with van der Waals surface area (Å²) in [5, 5.41) is 9.87. The van der Waals surface area contributed by atoms with E-state index < -0.39 is 0 Å². The van der Waals surface area contributed by atoms with Crippen LogP contribution in [-0.4, -0.2) is 31.2 Å². The summed E-state index contributed by atoms with van der Waals surface area (Å²) in [6, 6.07) is 3.66. The zero-order valence-corrected chi connectivity index (χ0v) is 11.9. The standard InChI is InChI=1S/C11H18N2O2.2ClH/c1-13(2)7-9-4-8(6-12)5-10(15-3)11(9)14;;/h4-5,14H,6-7,12H2,1-3H3;2*1H. The van der Waals surface area contributed by atoms with Crippen LogP contribution in [0.25, 0.3) is 0 Å². The maximum atomic E-state index is 9.87. The number of hydrogen-bond acceptors (Lipinski definition) is 4. The van der Waals surface area contributed by atoms with Gasteiger partial charge in [0.2, 0.25) is 0 Å². The van der Waals surface area contributed by atoms with E-state index in [1.54, 1.807) is 6.07 Å². The van der Waals surface area contributed by atoms with Crippen molar-refractivity contribution in [2.24, 2.45) is 5.73 Å². The normalized spacial score (nSPS) is 9.47. The van der Waals surface area contributed by atoms with Crippen molar-refractivity contribution in [1.82, 2.24) is 4.90 Å². The lowest BCUT2D eigenvalue weighted by Crippen LogP contribution is -2.11. The van der Waals surface area contributed by atoms with Gasteiger partial charge in [0.15, 0.2) is 11.5 Å². The molecule has 1 rings (SSSR count). The van der Waals surface area contributed by atoms with Crippen molar-refractivity contribution in [1.29, 1.82) is 0 Å². The fraction of sp³-hybridized carbons (Fsp3) is 0.455. The van der Waals surface area contributed by atoms with Crippen LogP contribution in [0.2, 0.25) is 0 Å². The first-order valence-electron chi connectivity index (χ1n) is 4.82. The molecule has 1 aromatic rings. The van der Waals surface area contributed by atoms with Gasteiger partial charge in [-0.05, 0) is 31.8 Å². The largest absolute Gasteiger partial charge is 0.504 e. The molecule has 0 fully saturated rings. The highest BCUT2D eigenvalue weighted by molar-refractivity contribution is 5.85. The van der Waals surface area contributed by atoms with E-state index in [0.717, 1.165) is 11.1 Å². The van der Waals surface area contributed by atoms with Gasteiger partial charge in [0.05, 0.1) is 7.11 Å². The van der Waals surface area contributed by atoms with Crippen LogP contribution < -0.4 is 10.5 Å². The van der Waals surface area contributed by atoms with Gasteiger partial charge in [-0.2, -0.15) is 0 Å². The van der Waals surface area contributed by atoms with Gasteiger partial charge in [-0.3, -0.25) is 0 Å². The SMILES string of the molecule is COc1cc(CN)cc(CN(C)C)c1O.Cl.Cl. The number of methoxy groups -OCH3 is 1. The maximum absolute atomic E-state index is 9.87. The van der Waals surface area contributed by atoms with Crippen molar-refractivity contribution >= 4 is 24.8 Å². The van der Waals surface area contributed by atoms with E-state index in [1.165, 1.54) is 7.11 Å². The van der Waals surface area contributed by atoms with Gasteiger partial charge in [-0.1, -0.05) is 0 Å². The van der Waals surface area contributed by atoms with Gasteiger partial charge in [0.1, 0.15) is 0 Å². The van der Waals surface area contributed by atoms with Crippen molar-refractivity contribution in [2.45, 2.75) is 13.1 Å². The Morgan fingerprint density at radius 1 is 1.29 bits per heavy atom. The van der Waals surface area contributed by atoms with E-state index in [9.17, 15) is 5.11 Å². The lowest BCUT2D eigenvalue weighted by molar-refractivity contribution is 0.354. The summed E-state index contributed by atoms with van der Waals surface area (Å²) < 4.78 is 5.09. The molecule has 0 spiro atoms. The van der Waals surface area contributed by atoms with Crippen molar-refractivity contribution < 1.29 is 9.84 Å². The Hall–Kier alpha value is -0.680. The second-order valence-electron chi connectivity index (χ2n) is 3.75. The molecule has 0 aliphatic carbocycles. The number of hydrogen-bond donors (Lipinski definition) is 2. The summed E-state index contributed by atoms with van der Waals surface area (Å²) in [5.41, 5.74) is 7.37. The van der Waals surface area contributed by atoms with E-state index in [4.69, 9.17) is 10.5 Å². The minimum absolute atomic E-state index is 0. The highest BCUT2D eigenvalue weighted by Crippen LogP contribution is 2.31. The zero-order chi connectivity index (χ0) is 11.4. The summed E-state index contributed by atoms with van der Waals surface area (Å²) in [6.07, 6.45) is 0. The van der Waals surface area contributed by atoms with Crippen LogP contribution in [-0.2, 0) is 13.1 Å². The minimum Gasteiger partial charge on any atom is -0.504 e. The second kappa shape index (κ2) is 8.42. The number of phenols is 1. The summed E-state index contributed by atoms with van der Waals surface area (Å²) in [7, 11) is 5.43. The fourth-order valence-electron chi connectivity index (χ4n) is 1.46. The number of nitrogens with zero attached hydrogens (tertiary/aromatic N) is 1. The van der Waals surface area contributed by atoms with Crippen molar-refractivity contribution in [3.05, 3.63) is 23.3 Å². The molecule has 0 saturated heterocycles. The van der Waals surface area contributed by atoms with Crippen LogP contribution in [0.3, 0.4) is 0 Å². The van der Waals surface area contributed by atoms with Gasteiger partial charge >= 0.3 is 0 Å². The van der Waals surface area contributed by atoms with E-state index in [2.05, 4.69) is 0 Å². The third kappa shape index (κ3) is 5.00. The zero-order valence-electron chi connectivity index (χ0n) is 10.3. The molecule has 3 N–H and O–H groups in total. The summed E-state index contributed by atoms with van der Waals surface area (Å²) in [5.74, 6) is 0.679. The maximum Gasteiger partial charge on any atom is 0.162 e. The Morgan fingerprint density at radius 2 is 1.88 bits per heavy atom.